The van der Waals surface area contributed by atoms with E-state index in [0.29, 0.717) is 5.41 Å². The first kappa shape index (κ1) is 17.3. The second kappa shape index (κ2) is 6.25. The Hall–Kier alpha value is -0.120. The predicted octanol–water partition coefficient (Wildman–Crippen LogP) is 3.30. The third-order valence-corrected chi connectivity index (χ3v) is 7.43. The van der Waals surface area contributed by atoms with Gasteiger partial charge < -0.3 is 4.90 Å². The third-order valence-electron chi connectivity index (χ3n) is 7.43. The Labute approximate surface area is 149 Å². The average Bonchev–Trinajstić information content (AvgIpc) is 3.15. The Morgan fingerprint density at radius 3 is 2.04 bits per heavy atom. The fourth-order valence-corrected chi connectivity index (χ4v) is 5.87. The van der Waals surface area contributed by atoms with Gasteiger partial charge in [0, 0.05) is 57.9 Å². The van der Waals surface area contributed by atoms with Crippen LogP contribution in [0.15, 0.2) is 0 Å². The minimum absolute atomic E-state index is 0.711. The molecule has 3 nitrogen and oxygen atoms in total. The summed E-state index contributed by atoms with van der Waals surface area (Å²) in [5, 5.41) is 0. The minimum Gasteiger partial charge on any atom is -0.300 e. The number of piperazine rings is 1. The van der Waals surface area contributed by atoms with Crippen LogP contribution in [0.4, 0.5) is 0 Å². The van der Waals surface area contributed by atoms with E-state index in [1.54, 1.807) is 0 Å². The van der Waals surface area contributed by atoms with Crippen molar-refractivity contribution in [2.75, 3.05) is 45.8 Å². The fraction of sp³-hybridized carbons (Fsp3) is 1.00. The molecular weight excluding hydrogens is 294 g/mol. The van der Waals surface area contributed by atoms with Gasteiger partial charge in [-0.15, -0.1) is 0 Å². The molecule has 0 bridgehead atoms. The molecule has 2 aliphatic carbocycles. The van der Waals surface area contributed by atoms with Crippen molar-refractivity contribution in [3.8, 4) is 0 Å². The molecule has 2 aliphatic heterocycles. The Bertz CT molecular complexity index is 432. The number of hydrogen-bond acceptors (Lipinski definition) is 3. The van der Waals surface area contributed by atoms with Crippen LogP contribution in [-0.4, -0.2) is 72.6 Å². The summed E-state index contributed by atoms with van der Waals surface area (Å²) in [7, 11) is 0. The number of rotatable bonds is 6. The van der Waals surface area contributed by atoms with Gasteiger partial charge in [-0.1, -0.05) is 13.8 Å². The van der Waals surface area contributed by atoms with E-state index in [-0.39, 0.29) is 0 Å². The molecule has 3 heteroatoms. The summed E-state index contributed by atoms with van der Waals surface area (Å²) in [6.07, 6.45) is 7.39. The van der Waals surface area contributed by atoms with Crippen LogP contribution in [0.1, 0.15) is 59.8 Å². The van der Waals surface area contributed by atoms with Gasteiger partial charge in [0.2, 0.25) is 0 Å². The van der Waals surface area contributed by atoms with E-state index < -0.39 is 0 Å². The largest absolute Gasteiger partial charge is 0.300 e. The normalized spacial score (nSPS) is 30.8. The molecule has 2 saturated heterocycles. The molecule has 0 amide bonds. The molecule has 4 aliphatic rings. The van der Waals surface area contributed by atoms with E-state index in [1.165, 1.54) is 77.9 Å². The molecule has 4 fully saturated rings. The SMILES string of the molecule is CC(C)CC1(CN2CCN(C3CC4(C3)CN(C(C)C)C4)CC2)CC1. The quantitative estimate of drug-likeness (QED) is 0.738. The van der Waals surface area contributed by atoms with Gasteiger partial charge in [-0.3, -0.25) is 9.80 Å². The van der Waals surface area contributed by atoms with Crippen LogP contribution in [0, 0.1) is 16.7 Å². The third kappa shape index (κ3) is 3.41. The van der Waals surface area contributed by atoms with Gasteiger partial charge in [-0.25, -0.2) is 0 Å². The second-order valence-electron chi connectivity index (χ2n) is 10.5. The van der Waals surface area contributed by atoms with Gasteiger partial charge in [0.15, 0.2) is 0 Å². The van der Waals surface area contributed by atoms with Crippen molar-refractivity contribution >= 4 is 0 Å². The molecule has 0 atom stereocenters. The lowest BCUT2D eigenvalue weighted by atomic mass is 9.60. The van der Waals surface area contributed by atoms with Crippen molar-refractivity contribution in [3.05, 3.63) is 0 Å². The van der Waals surface area contributed by atoms with E-state index in [0.717, 1.165) is 23.4 Å². The van der Waals surface area contributed by atoms with Gasteiger partial charge in [-0.2, -0.15) is 0 Å². The summed E-state index contributed by atoms with van der Waals surface area (Å²) in [5.41, 5.74) is 1.44. The lowest BCUT2D eigenvalue weighted by Gasteiger charge is -2.62. The molecule has 0 N–H and O–H groups in total. The molecule has 2 saturated carbocycles. The summed E-state index contributed by atoms with van der Waals surface area (Å²) in [6, 6.07) is 1.66. The van der Waals surface area contributed by atoms with Crippen LogP contribution < -0.4 is 0 Å². The molecule has 4 rings (SSSR count). The van der Waals surface area contributed by atoms with Gasteiger partial charge in [0.05, 0.1) is 0 Å². The van der Waals surface area contributed by atoms with Gasteiger partial charge in [0.1, 0.15) is 0 Å². The van der Waals surface area contributed by atoms with Crippen LogP contribution >= 0.6 is 0 Å². The lowest BCUT2D eigenvalue weighted by molar-refractivity contribution is -0.125. The zero-order valence-corrected chi connectivity index (χ0v) is 16.6. The first-order valence-electron chi connectivity index (χ1n) is 10.6. The molecule has 138 valence electrons. The molecule has 1 spiro atoms. The van der Waals surface area contributed by atoms with Crippen LogP contribution in [-0.2, 0) is 0 Å². The Balaban J connectivity index is 1.17. The van der Waals surface area contributed by atoms with Crippen LogP contribution in [0.5, 0.6) is 0 Å². The summed E-state index contributed by atoms with van der Waals surface area (Å²) >= 11 is 0. The summed E-state index contributed by atoms with van der Waals surface area (Å²) in [5.74, 6) is 0.868. The van der Waals surface area contributed by atoms with Crippen LogP contribution in [0.25, 0.3) is 0 Å². The van der Waals surface area contributed by atoms with E-state index >= 15 is 0 Å². The summed E-state index contributed by atoms with van der Waals surface area (Å²) in [6.45, 7) is 18.9. The number of hydrogen-bond donors (Lipinski definition) is 0. The van der Waals surface area contributed by atoms with Gasteiger partial charge in [-0.05, 0) is 62.7 Å². The van der Waals surface area contributed by atoms with Crippen molar-refractivity contribution in [3.63, 3.8) is 0 Å². The van der Waals surface area contributed by atoms with Crippen molar-refractivity contribution in [2.24, 2.45) is 16.7 Å². The van der Waals surface area contributed by atoms with Gasteiger partial charge in [0.25, 0.3) is 0 Å². The Morgan fingerprint density at radius 1 is 0.917 bits per heavy atom. The van der Waals surface area contributed by atoms with E-state index in [1.807, 2.05) is 0 Å². The molecule has 0 aromatic rings. The van der Waals surface area contributed by atoms with E-state index in [9.17, 15) is 0 Å². The Morgan fingerprint density at radius 2 is 1.54 bits per heavy atom. The molecule has 0 aromatic carbocycles. The van der Waals surface area contributed by atoms with Crippen LogP contribution in [0.3, 0.4) is 0 Å². The predicted molar refractivity (Wildman–Crippen MR) is 101 cm³/mol. The zero-order chi connectivity index (χ0) is 16.9. The van der Waals surface area contributed by atoms with Crippen molar-refractivity contribution < 1.29 is 0 Å². The van der Waals surface area contributed by atoms with Crippen molar-refractivity contribution in [1.82, 2.24) is 14.7 Å². The fourth-order valence-electron chi connectivity index (χ4n) is 5.87. The lowest BCUT2D eigenvalue weighted by Crippen LogP contribution is -2.68. The highest BCUT2D eigenvalue weighted by Crippen LogP contribution is 2.52. The molecule has 24 heavy (non-hydrogen) atoms. The second-order valence-corrected chi connectivity index (χ2v) is 10.5. The first-order chi connectivity index (χ1) is 11.4. The molecule has 0 unspecified atom stereocenters. The van der Waals surface area contributed by atoms with E-state index in [2.05, 4.69) is 42.4 Å². The zero-order valence-electron chi connectivity index (χ0n) is 16.6. The molecule has 0 radical (unpaired) electrons. The molecular formula is C21H39N3. The smallest absolute Gasteiger partial charge is 0.0113 e. The summed E-state index contributed by atoms with van der Waals surface area (Å²) in [4.78, 5) is 8.25. The Kier molecular flexibility index (Phi) is 4.50. The highest BCUT2D eigenvalue weighted by Gasteiger charge is 2.54. The van der Waals surface area contributed by atoms with Gasteiger partial charge >= 0.3 is 0 Å². The van der Waals surface area contributed by atoms with Crippen molar-refractivity contribution in [1.29, 1.82) is 0 Å². The monoisotopic (exact) mass is 333 g/mol. The van der Waals surface area contributed by atoms with Crippen LogP contribution in [0.2, 0.25) is 0 Å². The maximum Gasteiger partial charge on any atom is 0.0113 e. The highest BCUT2D eigenvalue weighted by molar-refractivity contribution is 5.08. The van der Waals surface area contributed by atoms with E-state index in [4.69, 9.17) is 0 Å². The first-order valence-corrected chi connectivity index (χ1v) is 10.6. The molecule has 2 heterocycles. The minimum atomic E-state index is 0.711. The summed E-state index contributed by atoms with van der Waals surface area (Å²) < 4.78 is 0. The topological polar surface area (TPSA) is 9.72 Å². The standard InChI is InChI=1S/C21H39N3/c1-17(2)11-20(5-6-20)14-22-7-9-23(10-8-22)19-12-21(13-19)15-24(16-21)18(3)4/h17-19H,5-16H2,1-4H3. The number of likely N-dealkylation sites (tertiary alicyclic amines) is 1. The number of nitrogens with zero attached hydrogens (tertiary/aromatic N) is 3. The maximum atomic E-state index is 2.82. The van der Waals surface area contributed by atoms with Crippen molar-refractivity contribution in [2.45, 2.75) is 71.9 Å². The maximum absolute atomic E-state index is 2.82. The average molecular weight is 334 g/mol. The molecule has 0 aromatic heterocycles. The highest BCUT2D eigenvalue weighted by atomic mass is 15.3.